The van der Waals surface area contributed by atoms with E-state index in [1.54, 1.807) is 7.11 Å². The number of carbonyl (C=O) groups is 1. The second-order valence-electron chi connectivity index (χ2n) is 6.81. The van der Waals surface area contributed by atoms with Gasteiger partial charge in [0.15, 0.2) is 0 Å². The van der Waals surface area contributed by atoms with Crippen molar-refractivity contribution >= 4 is 18.3 Å². The highest BCUT2D eigenvalue weighted by molar-refractivity contribution is 5.89. The van der Waals surface area contributed by atoms with Crippen LogP contribution in [0.25, 0.3) is 0 Å². The molecule has 0 radical (unpaired) electrons. The van der Waals surface area contributed by atoms with Gasteiger partial charge in [-0.3, -0.25) is 4.79 Å². The van der Waals surface area contributed by atoms with E-state index in [1.807, 2.05) is 52.0 Å². The number of halogens is 1. The lowest BCUT2D eigenvalue weighted by Crippen LogP contribution is -2.75. The van der Waals surface area contributed by atoms with Crippen LogP contribution in [0.2, 0.25) is 0 Å². The van der Waals surface area contributed by atoms with Gasteiger partial charge in [0.25, 0.3) is 0 Å². The van der Waals surface area contributed by atoms with Crippen molar-refractivity contribution in [3.05, 3.63) is 29.8 Å². The van der Waals surface area contributed by atoms with Crippen molar-refractivity contribution in [2.45, 2.75) is 51.8 Å². The summed E-state index contributed by atoms with van der Waals surface area (Å²) in [7, 11) is 1.63. The minimum atomic E-state index is -0.903. The molecule has 0 saturated heterocycles. The highest BCUT2D eigenvalue weighted by Crippen LogP contribution is 2.50. The molecule has 0 aromatic heterocycles. The summed E-state index contributed by atoms with van der Waals surface area (Å²) in [4.78, 5) is 12.7. The van der Waals surface area contributed by atoms with E-state index >= 15 is 0 Å². The summed E-state index contributed by atoms with van der Waals surface area (Å²) in [6.07, 6.45) is 0.570. The van der Waals surface area contributed by atoms with Gasteiger partial charge in [-0.1, -0.05) is 26.0 Å². The third kappa shape index (κ3) is 3.53. The van der Waals surface area contributed by atoms with E-state index < -0.39 is 5.54 Å². The van der Waals surface area contributed by atoms with Crippen molar-refractivity contribution in [2.24, 2.45) is 11.1 Å². The Kier molecular flexibility index (Phi) is 6.67. The molecular formula is C18H29ClN2O3. The van der Waals surface area contributed by atoms with Gasteiger partial charge in [-0.25, -0.2) is 0 Å². The maximum Gasteiger partial charge on any atom is 0.241 e. The molecule has 1 aliphatic carbocycles. The number of nitrogens with two attached hydrogens (primary N) is 1. The van der Waals surface area contributed by atoms with E-state index in [-0.39, 0.29) is 35.9 Å². The van der Waals surface area contributed by atoms with Crippen LogP contribution >= 0.6 is 12.4 Å². The lowest BCUT2D eigenvalue weighted by molar-refractivity contribution is -0.171. The zero-order chi connectivity index (χ0) is 17.3. The Morgan fingerprint density at radius 1 is 1.46 bits per heavy atom. The summed E-state index contributed by atoms with van der Waals surface area (Å²) < 4.78 is 10.9. The Morgan fingerprint density at radius 3 is 2.67 bits per heavy atom. The molecule has 3 N–H and O–H groups in total. The summed E-state index contributed by atoms with van der Waals surface area (Å²) in [5.74, 6) is 0.639. The van der Waals surface area contributed by atoms with E-state index in [9.17, 15) is 4.79 Å². The predicted octanol–water partition coefficient (Wildman–Crippen LogP) is 2.83. The first-order valence-electron chi connectivity index (χ1n) is 8.11. The monoisotopic (exact) mass is 356 g/mol. The molecule has 1 aromatic rings. The molecule has 1 saturated carbocycles. The number of rotatable bonds is 6. The van der Waals surface area contributed by atoms with Gasteiger partial charge in [0.05, 0.1) is 19.3 Å². The molecule has 1 aliphatic rings. The highest BCUT2D eigenvalue weighted by atomic mass is 35.5. The molecule has 3 unspecified atom stereocenters. The van der Waals surface area contributed by atoms with Gasteiger partial charge in [0.1, 0.15) is 11.3 Å². The fourth-order valence-corrected chi connectivity index (χ4v) is 3.14. The highest BCUT2D eigenvalue weighted by Gasteiger charge is 2.62. The molecule has 5 nitrogen and oxygen atoms in total. The van der Waals surface area contributed by atoms with E-state index in [1.165, 1.54) is 0 Å². The Bertz CT molecular complexity index is 579. The van der Waals surface area contributed by atoms with Gasteiger partial charge < -0.3 is 20.5 Å². The number of methoxy groups -OCH3 is 1. The molecule has 0 heterocycles. The fourth-order valence-electron chi connectivity index (χ4n) is 3.14. The van der Waals surface area contributed by atoms with Crippen LogP contribution in [-0.4, -0.2) is 31.3 Å². The number of carbonyl (C=O) groups excluding carboxylic acids is 1. The lowest BCUT2D eigenvalue weighted by atomic mass is 9.54. The van der Waals surface area contributed by atoms with Crippen molar-refractivity contribution in [3.8, 4) is 5.75 Å². The van der Waals surface area contributed by atoms with E-state index in [0.717, 1.165) is 11.3 Å². The number of hydrogen-bond donors (Lipinski definition) is 2. The van der Waals surface area contributed by atoms with Crippen LogP contribution in [0.1, 0.15) is 45.7 Å². The third-order valence-corrected chi connectivity index (χ3v) is 5.18. The largest absolute Gasteiger partial charge is 0.497 e. The van der Waals surface area contributed by atoms with Crippen LogP contribution in [-0.2, 0) is 9.53 Å². The Hall–Kier alpha value is -1.30. The smallest absolute Gasteiger partial charge is 0.241 e. The van der Waals surface area contributed by atoms with Gasteiger partial charge in [-0.05, 0) is 31.5 Å². The quantitative estimate of drug-likeness (QED) is 0.822. The summed E-state index contributed by atoms with van der Waals surface area (Å²) in [6, 6.07) is 7.53. The van der Waals surface area contributed by atoms with E-state index in [2.05, 4.69) is 5.32 Å². The van der Waals surface area contributed by atoms with Crippen molar-refractivity contribution < 1.29 is 14.3 Å². The van der Waals surface area contributed by atoms with Gasteiger partial charge in [-0.2, -0.15) is 0 Å². The van der Waals surface area contributed by atoms with Crippen molar-refractivity contribution in [2.75, 3.05) is 13.7 Å². The predicted molar refractivity (Wildman–Crippen MR) is 97.5 cm³/mol. The molecule has 3 atom stereocenters. The molecular weight excluding hydrogens is 328 g/mol. The number of amides is 1. The van der Waals surface area contributed by atoms with Crippen LogP contribution in [0.15, 0.2) is 24.3 Å². The number of benzene rings is 1. The van der Waals surface area contributed by atoms with Crippen LogP contribution in [0.5, 0.6) is 5.75 Å². The molecule has 6 heteroatoms. The zero-order valence-corrected chi connectivity index (χ0v) is 15.9. The minimum Gasteiger partial charge on any atom is -0.497 e. The average Bonchev–Trinajstić information content (AvgIpc) is 2.54. The molecule has 136 valence electrons. The van der Waals surface area contributed by atoms with E-state index in [0.29, 0.717) is 13.0 Å². The average molecular weight is 357 g/mol. The Morgan fingerprint density at radius 2 is 2.12 bits per heavy atom. The van der Waals surface area contributed by atoms with Crippen molar-refractivity contribution in [3.63, 3.8) is 0 Å². The number of hydrogen-bond acceptors (Lipinski definition) is 4. The minimum absolute atomic E-state index is 0. The van der Waals surface area contributed by atoms with Gasteiger partial charge in [0.2, 0.25) is 5.91 Å². The fraction of sp³-hybridized carbons (Fsp3) is 0.611. The number of ether oxygens (including phenoxy) is 2. The first kappa shape index (κ1) is 20.7. The van der Waals surface area contributed by atoms with Gasteiger partial charge in [-0.15, -0.1) is 12.4 Å². The van der Waals surface area contributed by atoms with Crippen LogP contribution in [0.4, 0.5) is 0 Å². The first-order chi connectivity index (χ1) is 10.8. The van der Waals surface area contributed by atoms with Crippen LogP contribution in [0.3, 0.4) is 0 Å². The van der Waals surface area contributed by atoms with Crippen molar-refractivity contribution in [1.29, 1.82) is 0 Å². The summed E-state index contributed by atoms with van der Waals surface area (Å²) >= 11 is 0. The molecule has 1 amide bonds. The first-order valence-corrected chi connectivity index (χ1v) is 8.11. The third-order valence-electron chi connectivity index (χ3n) is 5.18. The Balaban J connectivity index is 0.00000288. The van der Waals surface area contributed by atoms with Crippen LogP contribution < -0.4 is 15.8 Å². The normalized spacial score (nSPS) is 25.8. The topological polar surface area (TPSA) is 73.6 Å². The standard InChI is InChI=1S/C18H28N2O3.ClH/c1-6-23-15-11-18(19,17(15,3)4)16(21)20-12(2)13-8-7-9-14(10-13)22-5;/h7-10,12,15H,6,11,19H2,1-5H3,(H,20,21);1H. The van der Waals surface area contributed by atoms with Crippen molar-refractivity contribution in [1.82, 2.24) is 5.32 Å². The molecule has 1 fully saturated rings. The van der Waals surface area contributed by atoms with E-state index in [4.69, 9.17) is 15.2 Å². The summed E-state index contributed by atoms with van der Waals surface area (Å²) in [5, 5.41) is 3.03. The maximum atomic E-state index is 12.7. The second kappa shape index (κ2) is 7.72. The molecule has 2 rings (SSSR count). The molecule has 1 aromatic carbocycles. The lowest BCUT2D eigenvalue weighted by Gasteiger charge is -2.57. The van der Waals surface area contributed by atoms with Crippen LogP contribution in [0, 0.1) is 5.41 Å². The summed E-state index contributed by atoms with van der Waals surface area (Å²) in [5.41, 5.74) is 6.11. The molecule has 24 heavy (non-hydrogen) atoms. The Labute approximate surface area is 150 Å². The SMILES string of the molecule is CCOC1CC(N)(C(=O)NC(C)c2cccc(OC)c2)C1(C)C.Cl. The molecule has 0 spiro atoms. The maximum absolute atomic E-state index is 12.7. The second-order valence-corrected chi connectivity index (χ2v) is 6.81. The van der Waals surface area contributed by atoms with Gasteiger partial charge in [0, 0.05) is 18.4 Å². The zero-order valence-electron chi connectivity index (χ0n) is 15.1. The summed E-state index contributed by atoms with van der Waals surface area (Å²) in [6.45, 7) is 8.52. The molecule has 0 aliphatic heterocycles. The number of nitrogens with one attached hydrogen (secondary N) is 1. The van der Waals surface area contributed by atoms with Gasteiger partial charge >= 0.3 is 0 Å². The molecule has 0 bridgehead atoms.